The maximum atomic E-state index is 13.2. The Hall–Kier alpha value is -3.48. The molecule has 2 saturated carbocycles. The maximum absolute atomic E-state index is 13.2. The average Bonchev–Trinajstić information content (AvgIpc) is 3.50. The number of hydrogen-bond donors (Lipinski definition) is 1. The van der Waals surface area contributed by atoms with Crippen LogP contribution in [-0.2, 0) is 19.1 Å². The topological polar surface area (TPSA) is 98.8 Å². The van der Waals surface area contributed by atoms with Crippen LogP contribution < -0.4 is 5.32 Å². The van der Waals surface area contributed by atoms with Crippen molar-refractivity contribution >= 4 is 29.3 Å². The van der Waals surface area contributed by atoms with Crippen molar-refractivity contribution in [2.24, 2.45) is 23.7 Å². The van der Waals surface area contributed by atoms with Crippen molar-refractivity contribution in [3.63, 3.8) is 0 Å². The van der Waals surface area contributed by atoms with Gasteiger partial charge in [-0.05, 0) is 61.8 Å². The first-order valence-corrected chi connectivity index (χ1v) is 12.3. The first kappa shape index (κ1) is 24.6. The van der Waals surface area contributed by atoms with E-state index < -0.39 is 36.3 Å². The lowest BCUT2D eigenvalue weighted by Gasteiger charge is -2.28. The number of nitrogens with one attached hydrogen (secondary N) is 1. The van der Waals surface area contributed by atoms with E-state index in [1.54, 1.807) is 36.4 Å². The molecule has 7 heteroatoms. The molecule has 4 atom stereocenters. The molecule has 0 aromatic heterocycles. The number of benzene rings is 2. The SMILES string of the molecule is CCCCOC(=O)c1ccc(NC(=O)COC(=O)[C@@H]2[C@H]3CC[C@@H](C3)[C@@H]2C(=O)c2ccccc2)cc1. The summed E-state index contributed by atoms with van der Waals surface area (Å²) in [5.41, 5.74) is 1.49. The van der Waals surface area contributed by atoms with E-state index in [0.717, 1.165) is 32.1 Å². The van der Waals surface area contributed by atoms with Crippen molar-refractivity contribution in [1.82, 2.24) is 0 Å². The zero-order chi connectivity index (χ0) is 24.8. The number of ether oxygens (including phenoxy) is 2. The zero-order valence-electron chi connectivity index (χ0n) is 19.9. The van der Waals surface area contributed by atoms with Gasteiger partial charge in [0.25, 0.3) is 5.91 Å². The van der Waals surface area contributed by atoms with Crippen molar-refractivity contribution in [1.29, 1.82) is 0 Å². The summed E-state index contributed by atoms with van der Waals surface area (Å²) in [5.74, 6) is -1.97. The fourth-order valence-electron chi connectivity index (χ4n) is 5.31. The van der Waals surface area contributed by atoms with E-state index in [-0.39, 0.29) is 17.6 Å². The smallest absolute Gasteiger partial charge is 0.338 e. The third-order valence-electron chi connectivity index (χ3n) is 7.03. The van der Waals surface area contributed by atoms with Gasteiger partial charge in [0.2, 0.25) is 0 Å². The summed E-state index contributed by atoms with van der Waals surface area (Å²) in [6, 6.07) is 15.4. The highest BCUT2D eigenvalue weighted by atomic mass is 16.5. The lowest BCUT2D eigenvalue weighted by molar-refractivity contribution is -0.154. The molecule has 2 fully saturated rings. The number of ketones is 1. The molecule has 2 aromatic rings. The van der Waals surface area contributed by atoms with Gasteiger partial charge in [0, 0.05) is 17.2 Å². The zero-order valence-corrected chi connectivity index (χ0v) is 19.9. The van der Waals surface area contributed by atoms with Gasteiger partial charge in [0.15, 0.2) is 12.4 Å². The van der Waals surface area contributed by atoms with Crippen molar-refractivity contribution in [3.8, 4) is 0 Å². The maximum Gasteiger partial charge on any atom is 0.338 e. The van der Waals surface area contributed by atoms with E-state index in [2.05, 4.69) is 5.32 Å². The van der Waals surface area contributed by atoms with Crippen molar-refractivity contribution < 1.29 is 28.7 Å². The Morgan fingerprint density at radius 1 is 0.857 bits per heavy atom. The fourth-order valence-corrected chi connectivity index (χ4v) is 5.31. The minimum Gasteiger partial charge on any atom is -0.462 e. The van der Waals surface area contributed by atoms with Gasteiger partial charge < -0.3 is 14.8 Å². The van der Waals surface area contributed by atoms with E-state index in [1.165, 1.54) is 0 Å². The molecule has 1 amide bonds. The van der Waals surface area contributed by atoms with E-state index in [4.69, 9.17) is 9.47 Å². The molecular weight excluding hydrogens is 446 g/mol. The number of amides is 1. The average molecular weight is 478 g/mol. The first-order valence-electron chi connectivity index (χ1n) is 12.3. The highest BCUT2D eigenvalue weighted by Gasteiger charge is 2.54. The highest BCUT2D eigenvalue weighted by Crippen LogP contribution is 2.53. The molecule has 0 unspecified atom stereocenters. The van der Waals surface area contributed by atoms with Gasteiger partial charge in [-0.25, -0.2) is 4.79 Å². The molecular formula is C28H31NO6. The second kappa shape index (κ2) is 11.3. The van der Waals surface area contributed by atoms with Crippen molar-refractivity contribution in [2.75, 3.05) is 18.5 Å². The molecule has 2 bridgehead atoms. The van der Waals surface area contributed by atoms with Crippen LogP contribution >= 0.6 is 0 Å². The van der Waals surface area contributed by atoms with E-state index in [1.807, 2.05) is 25.1 Å². The van der Waals surface area contributed by atoms with Gasteiger partial charge in [-0.2, -0.15) is 0 Å². The molecule has 0 saturated heterocycles. The van der Waals surface area contributed by atoms with Gasteiger partial charge in [-0.3, -0.25) is 14.4 Å². The van der Waals surface area contributed by atoms with Gasteiger partial charge in [0.05, 0.1) is 18.1 Å². The van der Waals surface area contributed by atoms with Gasteiger partial charge in [0.1, 0.15) is 0 Å². The summed E-state index contributed by atoms with van der Waals surface area (Å²) in [6.07, 6.45) is 4.45. The second-order valence-electron chi connectivity index (χ2n) is 9.34. The fraction of sp³-hybridized carbons (Fsp3) is 0.429. The number of esters is 2. The minimum absolute atomic E-state index is 0.0162. The monoisotopic (exact) mass is 477 g/mol. The lowest BCUT2D eigenvalue weighted by atomic mass is 9.75. The molecule has 0 spiro atoms. The summed E-state index contributed by atoms with van der Waals surface area (Å²) < 4.78 is 10.5. The number of carbonyl (C=O) groups excluding carboxylic acids is 4. The third-order valence-corrected chi connectivity index (χ3v) is 7.03. The molecule has 0 aliphatic heterocycles. The van der Waals surface area contributed by atoms with Crippen LogP contribution in [0.2, 0.25) is 0 Å². The molecule has 35 heavy (non-hydrogen) atoms. The Balaban J connectivity index is 1.30. The predicted molar refractivity (Wildman–Crippen MR) is 130 cm³/mol. The van der Waals surface area contributed by atoms with E-state index >= 15 is 0 Å². The summed E-state index contributed by atoms with van der Waals surface area (Å²) in [6.45, 7) is 1.96. The number of anilines is 1. The van der Waals surface area contributed by atoms with Crippen LogP contribution in [0.15, 0.2) is 54.6 Å². The number of fused-ring (bicyclic) bond motifs is 2. The number of hydrogen-bond acceptors (Lipinski definition) is 6. The minimum atomic E-state index is -0.507. The summed E-state index contributed by atoms with van der Waals surface area (Å²) >= 11 is 0. The lowest BCUT2D eigenvalue weighted by Crippen LogP contribution is -2.37. The van der Waals surface area contributed by atoms with Gasteiger partial charge >= 0.3 is 11.9 Å². The normalized spacial score (nSPS) is 22.4. The van der Waals surface area contributed by atoms with Crippen LogP contribution in [-0.4, -0.2) is 36.8 Å². The Labute approximate surface area is 205 Å². The Morgan fingerprint density at radius 2 is 1.54 bits per heavy atom. The largest absolute Gasteiger partial charge is 0.462 e. The molecule has 7 nitrogen and oxygen atoms in total. The molecule has 2 aliphatic carbocycles. The Kier molecular flexibility index (Phi) is 7.95. The van der Waals surface area contributed by atoms with Crippen LogP contribution in [0.3, 0.4) is 0 Å². The molecule has 2 aliphatic rings. The molecule has 184 valence electrons. The molecule has 0 heterocycles. The number of rotatable bonds is 10. The summed E-state index contributed by atoms with van der Waals surface area (Å²) in [5, 5.41) is 2.66. The Morgan fingerprint density at radius 3 is 2.23 bits per heavy atom. The van der Waals surface area contributed by atoms with Gasteiger partial charge in [-0.15, -0.1) is 0 Å². The van der Waals surface area contributed by atoms with Crippen molar-refractivity contribution in [2.45, 2.75) is 39.0 Å². The summed E-state index contributed by atoms with van der Waals surface area (Å²) in [4.78, 5) is 50.5. The summed E-state index contributed by atoms with van der Waals surface area (Å²) in [7, 11) is 0. The molecule has 0 radical (unpaired) electrons. The van der Waals surface area contributed by atoms with Crippen LogP contribution in [0.25, 0.3) is 0 Å². The second-order valence-corrected chi connectivity index (χ2v) is 9.34. The Bertz CT molecular complexity index is 1060. The first-order chi connectivity index (χ1) is 17.0. The predicted octanol–water partition coefficient (Wildman–Crippen LogP) is 4.67. The number of carbonyl (C=O) groups is 4. The van der Waals surface area contributed by atoms with Crippen LogP contribution in [0, 0.1) is 23.7 Å². The quantitative estimate of drug-likeness (QED) is 0.303. The van der Waals surface area contributed by atoms with Gasteiger partial charge in [-0.1, -0.05) is 43.7 Å². The van der Waals surface area contributed by atoms with Crippen LogP contribution in [0.1, 0.15) is 59.7 Å². The van der Waals surface area contributed by atoms with E-state index in [9.17, 15) is 19.2 Å². The van der Waals surface area contributed by atoms with Crippen molar-refractivity contribution in [3.05, 3.63) is 65.7 Å². The third kappa shape index (κ3) is 5.78. The molecule has 1 N–H and O–H groups in total. The molecule has 4 rings (SSSR count). The van der Waals surface area contributed by atoms with Crippen LogP contribution in [0.4, 0.5) is 5.69 Å². The van der Waals surface area contributed by atoms with E-state index in [0.29, 0.717) is 23.4 Å². The van der Waals surface area contributed by atoms with Crippen LogP contribution in [0.5, 0.6) is 0 Å². The molecule has 2 aromatic carbocycles. The highest BCUT2D eigenvalue weighted by molar-refractivity contribution is 6.01. The number of Topliss-reactive ketones (excluding diaryl/α,β-unsaturated/α-hetero) is 1. The number of unbranched alkanes of at least 4 members (excludes halogenated alkanes) is 1. The standard InChI is InChI=1S/C28H31NO6/c1-2-3-15-34-27(32)19-11-13-22(14-12-19)29-23(30)17-35-28(33)25-21-10-9-20(16-21)24(25)26(31)18-7-5-4-6-8-18/h4-8,11-14,20-21,24-25H,2-3,9-10,15-17H2,1H3,(H,29,30)/t20-,21-,24-,25+/m0/s1.